The first-order chi connectivity index (χ1) is 10.1. The maximum absolute atomic E-state index is 11.9. The van der Waals surface area contributed by atoms with Crippen LogP contribution in [0.4, 0.5) is 0 Å². The molecule has 1 heterocycles. The summed E-state index contributed by atoms with van der Waals surface area (Å²) in [6.45, 7) is 0. The van der Waals surface area contributed by atoms with Crippen molar-refractivity contribution in [2.45, 2.75) is 0 Å². The summed E-state index contributed by atoms with van der Waals surface area (Å²) in [6, 6.07) is 14.6. The van der Waals surface area contributed by atoms with Crippen molar-refractivity contribution in [3.05, 3.63) is 81.4 Å². The first-order valence-corrected chi connectivity index (χ1v) is 7.04. The summed E-state index contributed by atoms with van der Waals surface area (Å²) in [4.78, 5) is 11.9. The van der Waals surface area contributed by atoms with E-state index in [4.69, 9.17) is 27.9 Å². The fourth-order valence-corrected chi connectivity index (χ4v) is 2.61. The van der Waals surface area contributed by atoms with Crippen LogP contribution in [0.5, 0.6) is 0 Å². The second-order valence-electron chi connectivity index (χ2n) is 4.57. The van der Waals surface area contributed by atoms with Gasteiger partial charge in [0.05, 0.1) is 5.57 Å². The molecular formula is C17H10Cl2O2. The van der Waals surface area contributed by atoms with Gasteiger partial charge < -0.3 is 4.74 Å². The Morgan fingerprint density at radius 3 is 2.29 bits per heavy atom. The van der Waals surface area contributed by atoms with E-state index in [-0.39, 0.29) is 5.97 Å². The molecule has 21 heavy (non-hydrogen) atoms. The highest BCUT2D eigenvalue weighted by molar-refractivity contribution is 6.34. The molecule has 2 aromatic rings. The lowest BCUT2D eigenvalue weighted by atomic mass is 10.1. The number of benzene rings is 2. The van der Waals surface area contributed by atoms with Gasteiger partial charge in [-0.2, -0.15) is 0 Å². The van der Waals surface area contributed by atoms with Gasteiger partial charge in [0, 0.05) is 15.6 Å². The van der Waals surface area contributed by atoms with Gasteiger partial charge in [0.2, 0.25) is 0 Å². The Morgan fingerprint density at radius 2 is 1.62 bits per heavy atom. The van der Waals surface area contributed by atoms with Gasteiger partial charge in [0.15, 0.2) is 0 Å². The Hall–Kier alpha value is -2.03. The van der Waals surface area contributed by atoms with Crippen LogP contribution in [0.25, 0.3) is 11.8 Å². The topological polar surface area (TPSA) is 26.3 Å². The van der Waals surface area contributed by atoms with Crippen LogP contribution in [0.3, 0.4) is 0 Å². The molecule has 0 radical (unpaired) electrons. The van der Waals surface area contributed by atoms with Crippen LogP contribution in [0.1, 0.15) is 11.1 Å². The van der Waals surface area contributed by atoms with E-state index < -0.39 is 0 Å². The number of esters is 1. The van der Waals surface area contributed by atoms with Crippen LogP contribution < -0.4 is 0 Å². The zero-order valence-corrected chi connectivity index (χ0v) is 12.4. The number of ether oxygens (including phenoxy) is 1. The number of carbonyl (C=O) groups is 1. The summed E-state index contributed by atoms with van der Waals surface area (Å²) in [6.07, 6.45) is 3.42. The Bertz CT molecular complexity index is 741. The highest BCUT2D eigenvalue weighted by atomic mass is 35.5. The average molecular weight is 317 g/mol. The van der Waals surface area contributed by atoms with Gasteiger partial charge in [0.25, 0.3) is 0 Å². The van der Waals surface area contributed by atoms with Crippen LogP contribution in [-0.2, 0) is 9.53 Å². The van der Waals surface area contributed by atoms with Crippen molar-refractivity contribution in [2.75, 3.05) is 0 Å². The molecule has 1 aliphatic heterocycles. The number of hydrogen-bond acceptors (Lipinski definition) is 2. The summed E-state index contributed by atoms with van der Waals surface area (Å²) in [5.41, 5.74) is 2.08. The molecule has 104 valence electrons. The van der Waals surface area contributed by atoms with Gasteiger partial charge >= 0.3 is 5.97 Å². The predicted molar refractivity (Wildman–Crippen MR) is 85.0 cm³/mol. The molecule has 0 bridgehead atoms. The molecule has 0 spiro atoms. The van der Waals surface area contributed by atoms with Crippen molar-refractivity contribution < 1.29 is 9.53 Å². The maximum atomic E-state index is 11.9. The fourth-order valence-electron chi connectivity index (χ4n) is 2.07. The molecule has 0 aliphatic carbocycles. The van der Waals surface area contributed by atoms with Crippen LogP contribution in [0, 0.1) is 0 Å². The summed E-state index contributed by atoms with van der Waals surface area (Å²) in [5, 5.41) is 1.04. The molecule has 3 rings (SSSR count). The number of cyclic esters (lactones) is 1. The summed E-state index contributed by atoms with van der Waals surface area (Å²) in [7, 11) is 0. The largest absolute Gasteiger partial charge is 0.422 e. The summed E-state index contributed by atoms with van der Waals surface area (Å²) < 4.78 is 5.28. The Morgan fingerprint density at radius 1 is 0.952 bits per heavy atom. The molecule has 2 aromatic carbocycles. The van der Waals surface area contributed by atoms with Gasteiger partial charge in [-0.05, 0) is 35.9 Å². The van der Waals surface area contributed by atoms with E-state index in [0.29, 0.717) is 21.4 Å². The molecule has 0 amide bonds. The minimum atomic E-state index is -0.384. The van der Waals surface area contributed by atoms with E-state index in [1.807, 2.05) is 30.3 Å². The van der Waals surface area contributed by atoms with E-state index in [9.17, 15) is 4.79 Å². The third-order valence-corrected chi connectivity index (χ3v) is 3.43. The number of rotatable bonds is 2. The average Bonchev–Trinajstić information content (AvgIpc) is 2.80. The predicted octanol–water partition coefficient (Wildman–Crippen LogP) is 4.97. The van der Waals surface area contributed by atoms with Crippen LogP contribution in [0.2, 0.25) is 10.0 Å². The minimum Gasteiger partial charge on any atom is -0.422 e. The number of hydrogen-bond donors (Lipinski definition) is 0. The van der Waals surface area contributed by atoms with E-state index >= 15 is 0 Å². The normalized spacial score (nSPS) is 16.0. The van der Waals surface area contributed by atoms with Crippen molar-refractivity contribution in [3.8, 4) is 0 Å². The molecule has 0 fully saturated rings. The zero-order valence-electron chi connectivity index (χ0n) is 10.8. The van der Waals surface area contributed by atoms with E-state index in [1.165, 1.54) is 0 Å². The smallest absolute Gasteiger partial charge is 0.343 e. The lowest BCUT2D eigenvalue weighted by molar-refractivity contribution is -0.130. The standard InChI is InChI=1S/C17H10Cl2O2/c18-14-7-11(8-15(19)10-14)6-13-9-16(21-17(13)20)12-4-2-1-3-5-12/h1-10H/b13-6-. The van der Waals surface area contributed by atoms with Crippen LogP contribution in [0.15, 0.2) is 60.2 Å². The van der Waals surface area contributed by atoms with E-state index in [2.05, 4.69) is 0 Å². The van der Waals surface area contributed by atoms with Gasteiger partial charge in [0.1, 0.15) is 5.76 Å². The molecular weight excluding hydrogens is 307 g/mol. The van der Waals surface area contributed by atoms with Crippen LogP contribution >= 0.6 is 23.2 Å². The lowest BCUT2D eigenvalue weighted by Gasteiger charge is -2.00. The molecule has 0 atom stereocenters. The highest BCUT2D eigenvalue weighted by Crippen LogP contribution is 2.28. The molecule has 0 aromatic heterocycles. The molecule has 1 aliphatic rings. The SMILES string of the molecule is O=C1OC(c2ccccc2)=C/C1=C/c1cc(Cl)cc(Cl)c1. The van der Waals surface area contributed by atoms with Crippen molar-refractivity contribution in [2.24, 2.45) is 0 Å². The maximum Gasteiger partial charge on any atom is 0.343 e. The third-order valence-electron chi connectivity index (χ3n) is 2.99. The Kier molecular flexibility index (Phi) is 3.82. The second kappa shape index (κ2) is 5.76. The van der Waals surface area contributed by atoms with E-state index in [0.717, 1.165) is 11.1 Å². The Balaban J connectivity index is 1.97. The van der Waals surface area contributed by atoms with Gasteiger partial charge in [-0.25, -0.2) is 4.79 Å². The first kappa shape index (κ1) is 13.9. The van der Waals surface area contributed by atoms with Crippen LogP contribution in [-0.4, -0.2) is 5.97 Å². The first-order valence-electron chi connectivity index (χ1n) is 6.29. The van der Waals surface area contributed by atoms with Crippen molar-refractivity contribution in [1.82, 2.24) is 0 Å². The highest BCUT2D eigenvalue weighted by Gasteiger charge is 2.21. The molecule has 0 unspecified atom stereocenters. The van der Waals surface area contributed by atoms with Gasteiger partial charge in [-0.1, -0.05) is 53.5 Å². The molecule has 4 heteroatoms. The minimum absolute atomic E-state index is 0.384. The fraction of sp³-hybridized carbons (Fsp3) is 0. The second-order valence-corrected chi connectivity index (χ2v) is 5.44. The van der Waals surface area contributed by atoms with Crippen molar-refractivity contribution >= 4 is 41.0 Å². The van der Waals surface area contributed by atoms with Gasteiger partial charge in [-0.15, -0.1) is 0 Å². The third kappa shape index (κ3) is 3.18. The van der Waals surface area contributed by atoms with Crippen molar-refractivity contribution in [1.29, 1.82) is 0 Å². The Labute approximate surface area is 132 Å². The monoisotopic (exact) mass is 316 g/mol. The quantitative estimate of drug-likeness (QED) is 0.577. The molecule has 0 N–H and O–H groups in total. The molecule has 2 nitrogen and oxygen atoms in total. The number of carbonyl (C=O) groups excluding carboxylic acids is 1. The lowest BCUT2D eigenvalue weighted by Crippen LogP contribution is -1.97. The summed E-state index contributed by atoms with van der Waals surface area (Å²) >= 11 is 11.9. The van der Waals surface area contributed by atoms with E-state index in [1.54, 1.807) is 30.4 Å². The zero-order chi connectivity index (χ0) is 14.8. The number of halogens is 2. The molecule has 0 saturated carbocycles. The molecule has 0 saturated heterocycles. The van der Waals surface area contributed by atoms with Gasteiger partial charge in [-0.3, -0.25) is 0 Å². The van der Waals surface area contributed by atoms with Crippen molar-refractivity contribution in [3.63, 3.8) is 0 Å². The summed E-state index contributed by atoms with van der Waals surface area (Å²) in [5.74, 6) is 0.157.